The van der Waals surface area contributed by atoms with Gasteiger partial charge < -0.3 is 4.74 Å². The fraction of sp³-hybridized carbons (Fsp3) is 0.130. The maximum atomic E-state index is 5.27. The first-order chi connectivity index (χ1) is 13.7. The van der Waals surface area contributed by atoms with Gasteiger partial charge in [0.25, 0.3) is 0 Å². The highest BCUT2D eigenvalue weighted by Crippen LogP contribution is 2.30. The number of nitrogens with zero attached hydrogens (tertiary/aromatic N) is 3. The Morgan fingerprint density at radius 1 is 0.857 bits per heavy atom. The minimum absolute atomic E-state index is 0.820. The second-order valence-electron chi connectivity index (χ2n) is 6.48. The van der Waals surface area contributed by atoms with E-state index in [0.29, 0.717) is 0 Å². The van der Waals surface area contributed by atoms with Crippen LogP contribution in [0.5, 0.6) is 5.75 Å². The average Bonchev–Trinajstić information content (AvgIpc) is 3.18. The summed E-state index contributed by atoms with van der Waals surface area (Å²) < 4.78 is 7.39. The normalized spacial score (nSPS) is 10.8. The van der Waals surface area contributed by atoms with E-state index >= 15 is 0 Å². The summed E-state index contributed by atoms with van der Waals surface area (Å²) in [5, 5.41) is 9.86. The van der Waals surface area contributed by atoms with E-state index in [2.05, 4.69) is 58.1 Å². The van der Waals surface area contributed by atoms with Gasteiger partial charge in [0.1, 0.15) is 5.75 Å². The number of aromatic nitrogens is 3. The monoisotopic (exact) mass is 387 g/mol. The number of thioether (sulfide) groups is 1. The molecule has 1 heterocycles. The number of rotatable bonds is 6. The third-order valence-electron chi connectivity index (χ3n) is 4.48. The van der Waals surface area contributed by atoms with Crippen molar-refractivity contribution in [2.75, 3.05) is 7.11 Å². The topological polar surface area (TPSA) is 39.9 Å². The predicted octanol–water partition coefficient (Wildman–Crippen LogP) is 5.54. The third kappa shape index (κ3) is 3.94. The lowest BCUT2D eigenvalue weighted by Gasteiger charge is -2.11. The molecule has 0 unspecified atom stereocenters. The first kappa shape index (κ1) is 18.3. The van der Waals surface area contributed by atoms with Crippen molar-refractivity contribution >= 4 is 11.8 Å². The van der Waals surface area contributed by atoms with Gasteiger partial charge in [-0.3, -0.25) is 4.57 Å². The molecule has 0 spiro atoms. The minimum atomic E-state index is 0.820. The lowest BCUT2D eigenvalue weighted by atomic mass is 10.2. The van der Waals surface area contributed by atoms with Gasteiger partial charge in [0.15, 0.2) is 11.0 Å². The van der Waals surface area contributed by atoms with Crippen molar-refractivity contribution in [2.24, 2.45) is 0 Å². The highest BCUT2D eigenvalue weighted by atomic mass is 32.2. The van der Waals surface area contributed by atoms with Crippen molar-refractivity contribution in [1.82, 2.24) is 14.8 Å². The summed E-state index contributed by atoms with van der Waals surface area (Å²) in [7, 11) is 1.67. The second-order valence-corrected chi connectivity index (χ2v) is 7.42. The predicted molar refractivity (Wildman–Crippen MR) is 114 cm³/mol. The van der Waals surface area contributed by atoms with Crippen LogP contribution >= 0.6 is 11.8 Å². The average molecular weight is 388 g/mol. The van der Waals surface area contributed by atoms with Gasteiger partial charge in [-0.05, 0) is 48.9 Å². The molecule has 0 aliphatic rings. The zero-order chi connectivity index (χ0) is 19.3. The fourth-order valence-corrected chi connectivity index (χ4v) is 3.84. The Bertz CT molecular complexity index is 1040. The fourth-order valence-electron chi connectivity index (χ4n) is 2.93. The van der Waals surface area contributed by atoms with Crippen molar-refractivity contribution in [3.63, 3.8) is 0 Å². The number of ether oxygens (including phenoxy) is 1. The van der Waals surface area contributed by atoms with E-state index in [9.17, 15) is 0 Å². The summed E-state index contributed by atoms with van der Waals surface area (Å²) >= 11 is 1.69. The lowest BCUT2D eigenvalue weighted by molar-refractivity contribution is 0.415. The zero-order valence-corrected chi connectivity index (χ0v) is 16.7. The number of para-hydroxylation sites is 1. The maximum Gasteiger partial charge on any atom is 0.196 e. The highest BCUT2D eigenvalue weighted by molar-refractivity contribution is 7.98. The summed E-state index contributed by atoms with van der Waals surface area (Å²) in [6, 6.07) is 26.7. The van der Waals surface area contributed by atoms with Crippen molar-refractivity contribution < 1.29 is 4.74 Å². The molecule has 3 aromatic carbocycles. The largest absolute Gasteiger partial charge is 0.497 e. The van der Waals surface area contributed by atoms with E-state index in [4.69, 9.17) is 4.74 Å². The molecule has 0 aliphatic heterocycles. The Balaban J connectivity index is 1.69. The quantitative estimate of drug-likeness (QED) is 0.407. The van der Waals surface area contributed by atoms with Crippen LogP contribution in [0.2, 0.25) is 0 Å². The Morgan fingerprint density at radius 2 is 1.57 bits per heavy atom. The molecule has 0 N–H and O–H groups in total. The van der Waals surface area contributed by atoms with E-state index in [1.54, 1.807) is 18.9 Å². The first-order valence-corrected chi connectivity index (χ1v) is 10.1. The highest BCUT2D eigenvalue weighted by Gasteiger charge is 2.16. The van der Waals surface area contributed by atoms with Crippen LogP contribution in [0.4, 0.5) is 0 Å². The molecular formula is C23H21N3OS. The minimum Gasteiger partial charge on any atom is -0.497 e. The molecule has 0 saturated heterocycles. The van der Waals surface area contributed by atoms with Crippen LogP contribution < -0.4 is 4.74 Å². The summed E-state index contributed by atoms with van der Waals surface area (Å²) in [5.74, 6) is 2.48. The Labute approximate surface area is 169 Å². The van der Waals surface area contributed by atoms with Crippen LogP contribution in [-0.2, 0) is 5.75 Å². The number of hydrogen-bond donors (Lipinski definition) is 0. The Kier molecular flexibility index (Phi) is 5.44. The van der Waals surface area contributed by atoms with Gasteiger partial charge in [-0.1, -0.05) is 59.8 Å². The first-order valence-electron chi connectivity index (χ1n) is 9.08. The van der Waals surface area contributed by atoms with Gasteiger partial charge in [0.05, 0.1) is 7.11 Å². The molecule has 0 bridgehead atoms. The molecule has 4 aromatic rings. The van der Waals surface area contributed by atoms with Gasteiger partial charge in [0, 0.05) is 17.0 Å². The van der Waals surface area contributed by atoms with Gasteiger partial charge >= 0.3 is 0 Å². The molecular weight excluding hydrogens is 366 g/mol. The molecule has 140 valence electrons. The van der Waals surface area contributed by atoms with Crippen LogP contribution in [-0.4, -0.2) is 21.9 Å². The number of benzene rings is 3. The smallest absolute Gasteiger partial charge is 0.196 e. The Hall–Kier alpha value is -3.05. The second kappa shape index (κ2) is 8.31. The number of hydrogen-bond acceptors (Lipinski definition) is 4. The summed E-state index contributed by atoms with van der Waals surface area (Å²) in [5.41, 5.74) is 4.58. The van der Waals surface area contributed by atoms with Gasteiger partial charge in [-0.2, -0.15) is 0 Å². The molecule has 0 atom stereocenters. The van der Waals surface area contributed by atoms with Crippen LogP contribution in [0, 0.1) is 6.92 Å². The molecule has 0 amide bonds. The van der Waals surface area contributed by atoms with E-state index in [1.165, 1.54) is 11.1 Å². The van der Waals surface area contributed by atoms with Gasteiger partial charge in [-0.25, -0.2) is 0 Å². The summed E-state index contributed by atoms with van der Waals surface area (Å²) in [4.78, 5) is 0. The van der Waals surface area contributed by atoms with E-state index in [0.717, 1.165) is 33.7 Å². The van der Waals surface area contributed by atoms with Crippen molar-refractivity contribution in [3.05, 3.63) is 90.0 Å². The maximum absolute atomic E-state index is 5.27. The molecule has 4 rings (SSSR count). The van der Waals surface area contributed by atoms with E-state index in [-0.39, 0.29) is 0 Å². The molecule has 5 heteroatoms. The molecule has 0 saturated carbocycles. The lowest BCUT2D eigenvalue weighted by Crippen LogP contribution is -1.99. The summed E-state index contributed by atoms with van der Waals surface area (Å²) in [6.07, 6.45) is 0. The third-order valence-corrected chi connectivity index (χ3v) is 5.48. The molecule has 0 fully saturated rings. The van der Waals surface area contributed by atoms with Crippen molar-refractivity contribution in [1.29, 1.82) is 0 Å². The summed E-state index contributed by atoms with van der Waals surface area (Å²) in [6.45, 7) is 2.10. The van der Waals surface area contributed by atoms with E-state index in [1.807, 2.05) is 42.5 Å². The van der Waals surface area contributed by atoms with Crippen LogP contribution in [0.3, 0.4) is 0 Å². The molecule has 0 aliphatic carbocycles. The molecule has 1 aromatic heterocycles. The molecule has 0 radical (unpaired) electrons. The van der Waals surface area contributed by atoms with Crippen LogP contribution in [0.1, 0.15) is 11.1 Å². The SMILES string of the molecule is COc1ccc(-c2nnc(SCc3ccc(C)cc3)n2-c2ccccc2)cc1. The van der Waals surface area contributed by atoms with Crippen LogP contribution in [0.25, 0.3) is 17.1 Å². The molecule has 4 nitrogen and oxygen atoms in total. The zero-order valence-electron chi connectivity index (χ0n) is 15.9. The van der Waals surface area contributed by atoms with Crippen molar-refractivity contribution in [3.8, 4) is 22.8 Å². The number of methoxy groups -OCH3 is 1. The number of aryl methyl sites for hydroxylation is 1. The standard InChI is InChI=1S/C23H21N3OS/c1-17-8-10-18(11-9-17)16-28-23-25-24-22(19-12-14-21(27-2)15-13-19)26(23)20-6-4-3-5-7-20/h3-15H,16H2,1-2H3. The Morgan fingerprint density at radius 3 is 2.25 bits per heavy atom. The molecule has 28 heavy (non-hydrogen) atoms. The van der Waals surface area contributed by atoms with Gasteiger partial charge in [-0.15, -0.1) is 10.2 Å². The van der Waals surface area contributed by atoms with Crippen molar-refractivity contribution in [2.45, 2.75) is 17.8 Å². The van der Waals surface area contributed by atoms with Crippen LogP contribution in [0.15, 0.2) is 84.0 Å². The van der Waals surface area contributed by atoms with Gasteiger partial charge in [0.2, 0.25) is 0 Å². The van der Waals surface area contributed by atoms with E-state index < -0.39 is 0 Å².